The van der Waals surface area contributed by atoms with E-state index in [0.717, 1.165) is 37.0 Å². The van der Waals surface area contributed by atoms with E-state index < -0.39 is 0 Å². The van der Waals surface area contributed by atoms with Gasteiger partial charge in [0.1, 0.15) is 12.2 Å². The zero-order valence-corrected chi connectivity index (χ0v) is 17.2. The first-order chi connectivity index (χ1) is 12.8. The average Bonchev–Trinajstić information content (AvgIpc) is 3.12. The molecule has 4 heteroatoms. The lowest BCUT2D eigenvalue weighted by Crippen LogP contribution is -2.51. The summed E-state index contributed by atoms with van der Waals surface area (Å²) in [5.74, 6) is 2.68. The van der Waals surface area contributed by atoms with E-state index in [-0.39, 0.29) is 12.1 Å². The van der Waals surface area contributed by atoms with Gasteiger partial charge in [-0.1, -0.05) is 30.7 Å². The first kappa shape index (κ1) is 17.8. The van der Waals surface area contributed by atoms with Crippen molar-refractivity contribution in [3.63, 3.8) is 0 Å². The number of oxime groups is 1. The van der Waals surface area contributed by atoms with E-state index in [2.05, 4.69) is 32.0 Å². The number of esters is 1. The molecular weight excluding hydrogens is 338 g/mol. The molecule has 0 saturated heterocycles. The fraction of sp³-hybridized carbons (Fsp3) is 0.826. The summed E-state index contributed by atoms with van der Waals surface area (Å²) in [7, 11) is 0. The van der Waals surface area contributed by atoms with Gasteiger partial charge in [0, 0.05) is 19.3 Å². The van der Waals surface area contributed by atoms with E-state index in [1.54, 1.807) is 5.57 Å². The highest BCUT2D eigenvalue weighted by atomic mass is 16.6. The van der Waals surface area contributed by atoms with Gasteiger partial charge in [-0.25, -0.2) is 0 Å². The number of hydrogen-bond donors (Lipinski definition) is 0. The Hall–Kier alpha value is -1.32. The fourth-order valence-electron chi connectivity index (χ4n) is 8.01. The zero-order chi connectivity index (χ0) is 19.0. The van der Waals surface area contributed by atoms with Gasteiger partial charge in [-0.2, -0.15) is 0 Å². The number of nitrogens with zero attached hydrogens (tertiary/aromatic N) is 1. The van der Waals surface area contributed by atoms with Crippen LogP contribution in [-0.4, -0.2) is 23.9 Å². The highest BCUT2D eigenvalue weighted by Crippen LogP contribution is 2.67. The van der Waals surface area contributed by atoms with E-state index >= 15 is 0 Å². The minimum Gasteiger partial charge on any atom is -0.462 e. The molecule has 4 aliphatic carbocycles. The monoisotopic (exact) mass is 371 g/mol. The Morgan fingerprint density at radius 3 is 2.85 bits per heavy atom. The molecule has 4 nitrogen and oxygen atoms in total. The molecule has 0 radical (unpaired) electrons. The molecule has 0 aromatic carbocycles. The summed E-state index contributed by atoms with van der Waals surface area (Å²) < 4.78 is 5.56. The molecule has 0 unspecified atom stereocenters. The Kier molecular flexibility index (Phi) is 3.84. The van der Waals surface area contributed by atoms with Gasteiger partial charge in [0.25, 0.3) is 0 Å². The van der Waals surface area contributed by atoms with Crippen molar-refractivity contribution in [2.45, 2.75) is 84.8 Å². The van der Waals surface area contributed by atoms with Gasteiger partial charge in [0.15, 0.2) is 0 Å². The van der Waals surface area contributed by atoms with Crippen LogP contribution < -0.4 is 0 Å². The van der Waals surface area contributed by atoms with Gasteiger partial charge in [0.05, 0.1) is 5.71 Å². The van der Waals surface area contributed by atoms with Crippen LogP contribution in [0.2, 0.25) is 0 Å². The number of ether oxygens (including phenoxy) is 1. The van der Waals surface area contributed by atoms with E-state index in [9.17, 15) is 4.79 Å². The minimum atomic E-state index is -0.138. The van der Waals surface area contributed by atoms with Crippen LogP contribution in [-0.2, 0) is 14.4 Å². The van der Waals surface area contributed by atoms with E-state index in [1.165, 1.54) is 38.3 Å². The molecule has 8 atom stereocenters. The Labute approximate surface area is 162 Å². The highest BCUT2D eigenvalue weighted by molar-refractivity contribution is 5.86. The number of rotatable bonds is 1. The second-order valence-corrected chi connectivity index (χ2v) is 10.4. The second kappa shape index (κ2) is 5.84. The summed E-state index contributed by atoms with van der Waals surface area (Å²) in [4.78, 5) is 17.2. The van der Waals surface area contributed by atoms with E-state index in [0.29, 0.717) is 22.9 Å². The molecular formula is C23H33NO3. The molecule has 1 aliphatic heterocycles. The third kappa shape index (κ3) is 2.40. The van der Waals surface area contributed by atoms with Crippen LogP contribution in [0.15, 0.2) is 16.8 Å². The van der Waals surface area contributed by atoms with E-state index in [1.807, 2.05) is 0 Å². The SMILES string of the molecule is CC(=O)O[C@@H]1CC[C@@]2(C)C(=CC[C@H]3[C@@H]4C[C@@H]5ON=C(C)[C@@H]5[C@@]4(C)CC[C@@H]32)C1. The Bertz CT molecular complexity index is 727. The maximum Gasteiger partial charge on any atom is 0.302 e. The maximum absolute atomic E-state index is 11.4. The number of hydrogen-bond acceptors (Lipinski definition) is 4. The third-order valence-corrected chi connectivity index (χ3v) is 9.18. The fourth-order valence-corrected chi connectivity index (χ4v) is 8.01. The molecule has 0 spiro atoms. The van der Waals surface area contributed by atoms with Crippen LogP contribution in [0, 0.1) is 34.5 Å². The summed E-state index contributed by atoms with van der Waals surface area (Å²) in [5, 5.41) is 4.34. The van der Waals surface area contributed by atoms with Crippen LogP contribution in [0.5, 0.6) is 0 Å². The van der Waals surface area contributed by atoms with Crippen molar-refractivity contribution >= 4 is 11.7 Å². The molecule has 0 N–H and O–H groups in total. The number of allylic oxidation sites excluding steroid dienone is 1. The lowest BCUT2D eigenvalue weighted by atomic mass is 9.47. The molecule has 3 saturated carbocycles. The second-order valence-electron chi connectivity index (χ2n) is 10.4. The molecule has 0 amide bonds. The predicted octanol–water partition coefficient (Wildman–Crippen LogP) is 4.88. The molecule has 5 aliphatic rings. The molecule has 0 bridgehead atoms. The minimum absolute atomic E-state index is 0.0883. The van der Waals surface area contributed by atoms with Gasteiger partial charge in [-0.15, -0.1) is 0 Å². The van der Waals surface area contributed by atoms with Crippen molar-refractivity contribution in [1.29, 1.82) is 0 Å². The van der Waals surface area contributed by atoms with E-state index in [4.69, 9.17) is 9.57 Å². The normalized spacial score (nSPS) is 50.4. The molecule has 1 heterocycles. The molecule has 27 heavy (non-hydrogen) atoms. The van der Waals surface area contributed by atoms with Crippen LogP contribution in [0.3, 0.4) is 0 Å². The molecule has 5 rings (SSSR count). The smallest absolute Gasteiger partial charge is 0.302 e. The van der Waals surface area contributed by atoms with Crippen LogP contribution in [0.1, 0.15) is 72.6 Å². The summed E-state index contributed by atoms with van der Waals surface area (Å²) >= 11 is 0. The first-order valence-corrected chi connectivity index (χ1v) is 10.9. The van der Waals surface area contributed by atoms with Crippen molar-refractivity contribution in [3.8, 4) is 0 Å². The van der Waals surface area contributed by atoms with Crippen LogP contribution in [0.4, 0.5) is 0 Å². The topological polar surface area (TPSA) is 47.9 Å². The van der Waals surface area contributed by atoms with Gasteiger partial charge in [-0.05, 0) is 74.0 Å². The van der Waals surface area contributed by atoms with Crippen molar-refractivity contribution < 1.29 is 14.4 Å². The van der Waals surface area contributed by atoms with Gasteiger partial charge in [-0.3, -0.25) is 4.79 Å². The predicted molar refractivity (Wildman–Crippen MR) is 104 cm³/mol. The third-order valence-electron chi connectivity index (χ3n) is 9.18. The van der Waals surface area contributed by atoms with Gasteiger partial charge in [0.2, 0.25) is 0 Å². The number of fused-ring (bicyclic) bond motifs is 7. The van der Waals surface area contributed by atoms with Crippen LogP contribution >= 0.6 is 0 Å². The quantitative estimate of drug-likeness (QED) is 0.487. The van der Waals surface area contributed by atoms with Crippen molar-refractivity contribution in [1.82, 2.24) is 0 Å². The van der Waals surface area contributed by atoms with Crippen molar-refractivity contribution in [2.75, 3.05) is 0 Å². The Morgan fingerprint density at radius 2 is 2.07 bits per heavy atom. The van der Waals surface area contributed by atoms with Gasteiger partial charge < -0.3 is 9.57 Å². The highest BCUT2D eigenvalue weighted by Gasteiger charge is 2.63. The largest absolute Gasteiger partial charge is 0.462 e. The molecule has 148 valence electrons. The van der Waals surface area contributed by atoms with Gasteiger partial charge >= 0.3 is 5.97 Å². The lowest BCUT2D eigenvalue weighted by molar-refractivity contribution is -0.148. The summed E-state index contributed by atoms with van der Waals surface area (Å²) in [6, 6.07) is 0. The lowest BCUT2D eigenvalue weighted by Gasteiger charge is -2.57. The van der Waals surface area contributed by atoms with Crippen molar-refractivity contribution in [3.05, 3.63) is 11.6 Å². The molecule has 0 aromatic rings. The summed E-state index contributed by atoms with van der Waals surface area (Å²) in [6.45, 7) is 8.72. The summed E-state index contributed by atoms with van der Waals surface area (Å²) in [5.41, 5.74) is 3.44. The standard InChI is InChI=1S/C23H33NO3/c1-13-21-20(27-24-13)12-19-17-6-5-15-11-16(26-14(2)25)7-9-22(15,3)18(17)8-10-23(19,21)4/h5,16-21H,6-12H2,1-4H3/t16-,17-,18+,19+,20+,21+,22+,23+/m1/s1. The summed E-state index contributed by atoms with van der Waals surface area (Å²) in [6.07, 6.45) is 11.0. The first-order valence-electron chi connectivity index (χ1n) is 10.9. The molecule has 3 fully saturated rings. The average molecular weight is 372 g/mol. The number of carbonyl (C=O) groups is 1. The Balaban J connectivity index is 1.42. The molecule has 0 aromatic heterocycles. The van der Waals surface area contributed by atoms with Crippen molar-refractivity contribution in [2.24, 2.45) is 39.7 Å². The van der Waals surface area contributed by atoms with Crippen LogP contribution in [0.25, 0.3) is 0 Å². The maximum atomic E-state index is 11.4. The Morgan fingerprint density at radius 1 is 1.26 bits per heavy atom. The zero-order valence-electron chi connectivity index (χ0n) is 17.2. The number of carbonyl (C=O) groups excluding carboxylic acids is 1.